The van der Waals surface area contributed by atoms with Crippen molar-refractivity contribution >= 4 is 27.8 Å². The Bertz CT molecular complexity index is 1110. The van der Waals surface area contributed by atoms with Crippen molar-refractivity contribution in [1.29, 1.82) is 0 Å². The standard InChI is InChI=1S/C22H20N2O2/c1-14(2)20-21-17(12-18(23-20)22(25)26)16-10-6-7-11-19(16)24(21)13-15-8-4-3-5-9-15/h3-12,14H,13H2,1-2H3,(H,25,26). The van der Waals surface area contributed by atoms with E-state index in [1.165, 1.54) is 5.56 Å². The summed E-state index contributed by atoms with van der Waals surface area (Å²) in [6.45, 7) is 4.83. The third-order valence-electron chi connectivity index (χ3n) is 4.72. The average Bonchev–Trinajstić information content (AvgIpc) is 2.96. The van der Waals surface area contributed by atoms with E-state index in [1.54, 1.807) is 6.07 Å². The average molecular weight is 344 g/mol. The van der Waals surface area contributed by atoms with Crippen molar-refractivity contribution in [2.24, 2.45) is 0 Å². The molecule has 0 saturated carbocycles. The van der Waals surface area contributed by atoms with Crippen molar-refractivity contribution < 1.29 is 9.90 Å². The van der Waals surface area contributed by atoms with Crippen LogP contribution in [0.15, 0.2) is 60.7 Å². The molecule has 2 aromatic carbocycles. The van der Waals surface area contributed by atoms with Gasteiger partial charge in [0.05, 0.1) is 11.2 Å². The molecule has 0 radical (unpaired) electrons. The molecule has 4 heteroatoms. The van der Waals surface area contributed by atoms with E-state index in [-0.39, 0.29) is 11.6 Å². The fourth-order valence-corrected chi connectivity index (χ4v) is 3.55. The molecule has 0 unspecified atom stereocenters. The van der Waals surface area contributed by atoms with E-state index in [2.05, 4.69) is 47.7 Å². The van der Waals surface area contributed by atoms with Crippen molar-refractivity contribution in [2.45, 2.75) is 26.3 Å². The first-order chi connectivity index (χ1) is 12.6. The van der Waals surface area contributed by atoms with Crippen molar-refractivity contribution in [1.82, 2.24) is 9.55 Å². The van der Waals surface area contributed by atoms with Gasteiger partial charge in [-0.3, -0.25) is 0 Å². The van der Waals surface area contributed by atoms with E-state index >= 15 is 0 Å². The Hall–Kier alpha value is -3.14. The van der Waals surface area contributed by atoms with E-state index < -0.39 is 5.97 Å². The summed E-state index contributed by atoms with van der Waals surface area (Å²) in [5, 5.41) is 11.5. The number of carbonyl (C=O) groups is 1. The highest BCUT2D eigenvalue weighted by Gasteiger charge is 2.20. The monoisotopic (exact) mass is 344 g/mol. The van der Waals surface area contributed by atoms with E-state index in [1.807, 2.05) is 30.3 Å². The molecule has 2 aromatic heterocycles. The number of hydrogen-bond acceptors (Lipinski definition) is 2. The zero-order chi connectivity index (χ0) is 18.3. The molecular weight excluding hydrogens is 324 g/mol. The maximum absolute atomic E-state index is 11.6. The quantitative estimate of drug-likeness (QED) is 0.563. The van der Waals surface area contributed by atoms with E-state index in [0.717, 1.165) is 34.0 Å². The van der Waals surface area contributed by atoms with Gasteiger partial charge in [0.1, 0.15) is 5.69 Å². The fourth-order valence-electron chi connectivity index (χ4n) is 3.55. The molecule has 0 fully saturated rings. The number of aromatic carboxylic acids is 1. The molecule has 26 heavy (non-hydrogen) atoms. The number of aromatic nitrogens is 2. The summed E-state index contributed by atoms with van der Waals surface area (Å²) in [6, 6.07) is 20.1. The van der Waals surface area contributed by atoms with Crippen LogP contribution in [0.5, 0.6) is 0 Å². The smallest absolute Gasteiger partial charge is 0.354 e. The highest BCUT2D eigenvalue weighted by Crippen LogP contribution is 2.34. The highest BCUT2D eigenvalue weighted by molar-refractivity contribution is 6.10. The van der Waals surface area contributed by atoms with E-state index in [4.69, 9.17) is 0 Å². The Morgan fingerprint density at radius 1 is 1.04 bits per heavy atom. The predicted octanol–water partition coefficient (Wildman–Crippen LogP) is 5.06. The molecule has 0 aliphatic rings. The van der Waals surface area contributed by atoms with Crippen LogP contribution in [0.2, 0.25) is 0 Å². The van der Waals surface area contributed by atoms with Crippen LogP contribution in [0.1, 0.15) is 41.5 Å². The molecule has 0 aliphatic heterocycles. The minimum Gasteiger partial charge on any atom is -0.477 e. The van der Waals surface area contributed by atoms with Gasteiger partial charge in [-0.15, -0.1) is 0 Å². The van der Waals surface area contributed by atoms with Crippen LogP contribution in [0.3, 0.4) is 0 Å². The van der Waals surface area contributed by atoms with Crippen LogP contribution in [0.4, 0.5) is 0 Å². The minimum atomic E-state index is -0.992. The van der Waals surface area contributed by atoms with Crippen LogP contribution >= 0.6 is 0 Å². The second-order valence-corrected chi connectivity index (χ2v) is 6.84. The normalized spacial score (nSPS) is 11.5. The lowest BCUT2D eigenvalue weighted by atomic mass is 10.0. The first-order valence-corrected chi connectivity index (χ1v) is 8.75. The van der Waals surface area contributed by atoms with Gasteiger partial charge in [-0.2, -0.15) is 0 Å². The van der Waals surface area contributed by atoms with Gasteiger partial charge >= 0.3 is 5.97 Å². The van der Waals surface area contributed by atoms with Crippen molar-refractivity contribution in [2.75, 3.05) is 0 Å². The number of para-hydroxylation sites is 1. The number of nitrogens with zero attached hydrogens (tertiary/aromatic N) is 2. The largest absolute Gasteiger partial charge is 0.477 e. The van der Waals surface area contributed by atoms with Crippen LogP contribution in [0, 0.1) is 0 Å². The Labute approximate surface area is 151 Å². The molecule has 1 N–H and O–H groups in total. The summed E-state index contributed by atoms with van der Waals surface area (Å²) >= 11 is 0. The highest BCUT2D eigenvalue weighted by atomic mass is 16.4. The number of rotatable bonds is 4. The number of fused-ring (bicyclic) bond motifs is 3. The summed E-state index contributed by atoms with van der Waals surface area (Å²) in [5.74, 6) is -0.871. The second-order valence-electron chi connectivity index (χ2n) is 6.84. The van der Waals surface area contributed by atoms with Gasteiger partial charge in [0.15, 0.2) is 0 Å². The van der Waals surface area contributed by atoms with Gasteiger partial charge in [0.2, 0.25) is 0 Å². The van der Waals surface area contributed by atoms with Gasteiger partial charge in [-0.05, 0) is 23.6 Å². The van der Waals surface area contributed by atoms with Crippen LogP contribution in [-0.4, -0.2) is 20.6 Å². The first-order valence-electron chi connectivity index (χ1n) is 8.75. The molecule has 0 aliphatic carbocycles. The van der Waals surface area contributed by atoms with Crippen LogP contribution in [0.25, 0.3) is 21.8 Å². The fraction of sp³-hybridized carbons (Fsp3) is 0.182. The van der Waals surface area contributed by atoms with Crippen molar-refractivity contribution in [3.05, 3.63) is 77.6 Å². The Kier molecular flexibility index (Phi) is 3.96. The summed E-state index contributed by atoms with van der Waals surface area (Å²) in [6.07, 6.45) is 0. The molecule has 130 valence electrons. The van der Waals surface area contributed by atoms with Crippen molar-refractivity contribution in [3.63, 3.8) is 0 Å². The Morgan fingerprint density at radius 2 is 1.73 bits per heavy atom. The van der Waals surface area contributed by atoms with Gasteiger partial charge in [0, 0.05) is 22.8 Å². The predicted molar refractivity (Wildman–Crippen MR) is 104 cm³/mol. The summed E-state index contributed by atoms with van der Waals surface area (Å²) in [4.78, 5) is 16.1. The van der Waals surface area contributed by atoms with Crippen LogP contribution in [-0.2, 0) is 6.54 Å². The maximum atomic E-state index is 11.6. The molecular formula is C22H20N2O2. The zero-order valence-electron chi connectivity index (χ0n) is 14.8. The number of hydrogen-bond donors (Lipinski definition) is 1. The number of benzene rings is 2. The number of pyridine rings is 1. The van der Waals surface area contributed by atoms with Gasteiger partial charge in [-0.1, -0.05) is 62.4 Å². The first kappa shape index (κ1) is 16.3. The molecule has 0 bridgehead atoms. The third-order valence-corrected chi connectivity index (χ3v) is 4.72. The lowest BCUT2D eigenvalue weighted by Crippen LogP contribution is -2.08. The van der Waals surface area contributed by atoms with Gasteiger partial charge in [0.25, 0.3) is 0 Å². The zero-order valence-corrected chi connectivity index (χ0v) is 14.8. The molecule has 0 atom stereocenters. The number of carboxylic acid groups (broad SMARTS) is 1. The third kappa shape index (κ3) is 2.64. The molecule has 0 saturated heterocycles. The molecule has 0 amide bonds. The van der Waals surface area contributed by atoms with Gasteiger partial charge < -0.3 is 9.67 Å². The molecule has 4 nitrogen and oxygen atoms in total. The number of carboxylic acids is 1. The molecule has 4 rings (SSSR count). The van der Waals surface area contributed by atoms with Crippen LogP contribution < -0.4 is 0 Å². The topological polar surface area (TPSA) is 55.1 Å². The SMILES string of the molecule is CC(C)c1nc(C(=O)O)cc2c3ccccc3n(Cc3ccccc3)c12. The molecule has 0 spiro atoms. The summed E-state index contributed by atoms with van der Waals surface area (Å²) < 4.78 is 2.26. The lowest BCUT2D eigenvalue weighted by Gasteiger charge is -2.13. The van der Waals surface area contributed by atoms with Gasteiger partial charge in [-0.25, -0.2) is 9.78 Å². The minimum absolute atomic E-state index is 0.101. The second kappa shape index (κ2) is 6.30. The molecule has 4 aromatic rings. The lowest BCUT2D eigenvalue weighted by molar-refractivity contribution is 0.0690. The van der Waals surface area contributed by atoms with E-state index in [0.29, 0.717) is 0 Å². The van der Waals surface area contributed by atoms with Crippen molar-refractivity contribution in [3.8, 4) is 0 Å². The molecule has 2 heterocycles. The summed E-state index contributed by atoms with van der Waals surface area (Å²) in [5.41, 5.74) is 4.25. The van der Waals surface area contributed by atoms with E-state index in [9.17, 15) is 9.90 Å². The Balaban J connectivity index is 2.10. The summed E-state index contributed by atoms with van der Waals surface area (Å²) in [7, 11) is 0. The Morgan fingerprint density at radius 3 is 2.42 bits per heavy atom. The maximum Gasteiger partial charge on any atom is 0.354 e.